The van der Waals surface area contributed by atoms with Crippen LogP contribution in [-0.4, -0.2) is 11.9 Å². The zero-order valence-electron chi connectivity index (χ0n) is 9.64. The van der Waals surface area contributed by atoms with Crippen molar-refractivity contribution in [3.05, 3.63) is 44.1 Å². The molecule has 2 aromatic rings. The van der Waals surface area contributed by atoms with Crippen molar-refractivity contribution in [3.63, 3.8) is 0 Å². The second-order valence-electron chi connectivity index (χ2n) is 4.09. The predicted octanol–water partition coefficient (Wildman–Crippen LogP) is 3.63. The summed E-state index contributed by atoms with van der Waals surface area (Å²) in [5.74, 6) is 1.38. The zero-order chi connectivity index (χ0) is 12.7. The molecule has 0 radical (unpaired) electrons. The van der Waals surface area contributed by atoms with Crippen LogP contribution in [0.5, 0.6) is 11.5 Å². The summed E-state index contributed by atoms with van der Waals surface area (Å²) < 4.78 is 11.5. The molecule has 3 rings (SSSR count). The van der Waals surface area contributed by atoms with Crippen molar-refractivity contribution >= 4 is 27.3 Å². The normalized spacial score (nSPS) is 14.8. The number of hydrogen-bond donors (Lipinski definition) is 1. The van der Waals surface area contributed by atoms with Crippen molar-refractivity contribution in [1.82, 2.24) is 0 Å². The second kappa shape index (κ2) is 4.57. The van der Waals surface area contributed by atoms with Crippen molar-refractivity contribution < 1.29 is 14.6 Å². The lowest BCUT2D eigenvalue weighted by atomic mass is 10.1. The molecule has 94 valence electrons. The maximum Gasteiger partial charge on any atom is 0.231 e. The van der Waals surface area contributed by atoms with Gasteiger partial charge in [-0.05, 0) is 52.7 Å². The Bertz CT molecular complexity index is 594. The first-order valence-electron chi connectivity index (χ1n) is 5.48. The van der Waals surface area contributed by atoms with Crippen LogP contribution in [0.3, 0.4) is 0 Å². The molecule has 0 aliphatic carbocycles. The van der Waals surface area contributed by atoms with E-state index in [4.69, 9.17) is 9.47 Å². The summed E-state index contributed by atoms with van der Waals surface area (Å²) in [7, 11) is 0. The van der Waals surface area contributed by atoms with Gasteiger partial charge in [0.15, 0.2) is 11.5 Å². The topological polar surface area (TPSA) is 38.7 Å². The van der Waals surface area contributed by atoms with Crippen LogP contribution in [0.2, 0.25) is 0 Å². The number of aliphatic hydroxyl groups is 1. The van der Waals surface area contributed by atoms with E-state index in [2.05, 4.69) is 15.9 Å². The number of hydrogen-bond acceptors (Lipinski definition) is 4. The highest BCUT2D eigenvalue weighted by Crippen LogP contribution is 2.42. The van der Waals surface area contributed by atoms with Crippen LogP contribution < -0.4 is 9.47 Å². The molecular formula is C13H11BrO3S. The molecular weight excluding hydrogens is 316 g/mol. The van der Waals surface area contributed by atoms with Gasteiger partial charge in [-0.2, -0.15) is 0 Å². The van der Waals surface area contributed by atoms with Crippen LogP contribution in [0.4, 0.5) is 0 Å². The Morgan fingerprint density at radius 3 is 2.89 bits per heavy atom. The molecule has 1 N–H and O–H groups in total. The first-order chi connectivity index (χ1) is 8.65. The molecule has 1 unspecified atom stereocenters. The highest BCUT2D eigenvalue weighted by molar-refractivity contribution is 9.10. The summed E-state index contributed by atoms with van der Waals surface area (Å²) in [5.41, 5.74) is 0.799. The van der Waals surface area contributed by atoms with Crippen molar-refractivity contribution in [2.75, 3.05) is 6.79 Å². The fraction of sp³-hybridized carbons (Fsp3) is 0.231. The van der Waals surface area contributed by atoms with Gasteiger partial charge in [0.2, 0.25) is 6.79 Å². The van der Waals surface area contributed by atoms with E-state index in [1.54, 1.807) is 11.3 Å². The molecule has 1 aromatic heterocycles. The number of aryl methyl sites for hydroxylation is 1. The first-order valence-corrected chi connectivity index (χ1v) is 7.09. The van der Waals surface area contributed by atoms with Crippen LogP contribution in [0.1, 0.15) is 21.4 Å². The SMILES string of the molecule is Cc1ccc(C(O)c2cc(Br)c3c(c2)OCO3)s1. The Balaban J connectivity index is 2.00. The quantitative estimate of drug-likeness (QED) is 0.915. The molecule has 18 heavy (non-hydrogen) atoms. The monoisotopic (exact) mass is 326 g/mol. The van der Waals surface area contributed by atoms with Crippen LogP contribution >= 0.6 is 27.3 Å². The van der Waals surface area contributed by atoms with E-state index in [9.17, 15) is 5.11 Å². The van der Waals surface area contributed by atoms with Crippen molar-refractivity contribution in [3.8, 4) is 11.5 Å². The zero-order valence-corrected chi connectivity index (χ0v) is 12.0. The smallest absolute Gasteiger partial charge is 0.231 e. The maximum atomic E-state index is 10.4. The van der Waals surface area contributed by atoms with Crippen molar-refractivity contribution in [2.24, 2.45) is 0 Å². The Kier molecular flexibility index (Phi) is 3.05. The number of aliphatic hydroxyl groups excluding tert-OH is 1. The second-order valence-corrected chi connectivity index (χ2v) is 6.26. The largest absolute Gasteiger partial charge is 0.454 e. The molecule has 1 aliphatic heterocycles. The molecule has 2 heterocycles. The van der Waals surface area contributed by atoms with Gasteiger partial charge in [-0.3, -0.25) is 0 Å². The fourth-order valence-electron chi connectivity index (χ4n) is 1.91. The van der Waals surface area contributed by atoms with E-state index >= 15 is 0 Å². The van der Waals surface area contributed by atoms with E-state index in [0.717, 1.165) is 14.9 Å². The summed E-state index contributed by atoms with van der Waals surface area (Å²) in [6.07, 6.45) is -0.630. The minimum atomic E-state index is -0.630. The highest BCUT2D eigenvalue weighted by atomic mass is 79.9. The number of rotatable bonds is 2. The van der Waals surface area contributed by atoms with Crippen LogP contribution in [0.25, 0.3) is 0 Å². The first kappa shape index (κ1) is 12.0. The Labute approximate surface area is 117 Å². The average Bonchev–Trinajstić information content (AvgIpc) is 2.96. The molecule has 1 aromatic carbocycles. The van der Waals surface area contributed by atoms with E-state index < -0.39 is 6.10 Å². The molecule has 0 saturated carbocycles. The summed E-state index contributed by atoms with van der Waals surface area (Å²) in [6, 6.07) is 7.65. The van der Waals surface area contributed by atoms with Crippen LogP contribution in [-0.2, 0) is 0 Å². The van der Waals surface area contributed by atoms with Gasteiger partial charge in [-0.25, -0.2) is 0 Å². The molecule has 0 saturated heterocycles. The minimum absolute atomic E-state index is 0.228. The van der Waals surface area contributed by atoms with Gasteiger partial charge in [0.1, 0.15) is 6.10 Å². The lowest BCUT2D eigenvalue weighted by Gasteiger charge is -2.10. The molecule has 1 atom stereocenters. The summed E-state index contributed by atoms with van der Waals surface area (Å²) in [4.78, 5) is 2.11. The van der Waals surface area contributed by atoms with Crippen LogP contribution in [0, 0.1) is 6.92 Å². The fourth-order valence-corrected chi connectivity index (χ4v) is 3.38. The third-order valence-corrected chi connectivity index (χ3v) is 4.44. The lowest BCUT2D eigenvalue weighted by Crippen LogP contribution is -1.97. The Morgan fingerprint density at radius 1 is 1.33 bits per heavy atom. The number of halogens is 1. The molecule has 0 bridgehead atoms. The van der Waals surface area contributed by atoms with Gasteiger partial charge in [-0.15, -0.1) is 11.3 Å². The average molecular weight is 327 g/mol. The van der Waals surface area contributed by atoms with Gasteiger partial charge < -0.3 is 14.6 Å². The van der Waals surface area contributed by atoms with Gasteiger partial charge in [0, 0.05) is 9.75 Å². The van der Waals surface area contributed by atoms with E-state index in [1.165, 1.54) is 4.88 Å². The molecule has 1 aliphatic rings. The third-order valence-electron chi connectivity index (χ3n) is 2.80. The van der Waals surface area contributed by atoms with Gasteiger partial charge in [-0.1, -0.05) is 0 Å². The lowest BCUT2D eigenvalue weighted by molar-refractivity contribution is 0.173. The number of thiophene rings is 1. The molecule has 0 amide bonds. The van der Waals surface area contributed by atoms with E-state index in [-0.39, 0.29) is 6.79 Å². The Hall–Kier alpha value is -1.04. The van der Waals surface area contributed by atoms with Crippen molar-refractivity contribution in [1.29, 1.82) is 0 Å². The third kappa shape index (κ3) is 2.02. The summed E-state index contributed by atoms with van der Waals surface area (Å²) in [6.45, 7) is 2.25. The minimum Gasteiger partial charge on any atom is -0.454 e. The van der Waals surface area contributed by atoms with Gasteiger partial charge >= 0.3 is 0 Å². The number of benzene rings is 1. The Morgan fingerprint density at radius 2 is 2.17 bits per heavy atom. The molecule has 0 fully saturated rings. The molecule has 0 spiro atoms. The summed E-state index contributed by atoms with van der Waals surface area (Å²) in [5, 5.41) is 10.4. The molecule has 5 heteroatoms. The standard InChI is InChI=1S/C13H11BrO3S/c1-7-2-3-11(18-7)12(15)8-4-9(14)13-10(5-8)16-6-17-13/h2-5,12,15H,6H2,1H3. The van der Waals surface area contributed by atoms with Crippen LogP contribution in [0.15, 0.2) is 28.7 Å². The van der Waals surface area contributed by atoms with Crippen molar-refractivity contribution in [2.45, 2.75) is 13.0 Å². The van der Waals surface area contributed by atoms with E-state index in [0.29, 0.717) is 11.5 Å². The highest BCUT2D eigenvalue weighted by Gasteiger charge is 2.21. The molecule has 3 nitrogen and oxygen atoms in total. The van der Waals surface area contributed by atoms with Gasteiger partial charge in [0.05, 0.1) is 4.47 Å². The number of ether oxygens (including phenoxy) is 2. The number of fused-ring (bicyclic) bond motifs is 1. The maximum absolute atomic E-state index is 10.4. The summed E-state index contributed by atoms with van der Waals surface area (Å²) >= 11 is 5.02. The van der Waals surface area contributed by atoms with Gasteiger partial charge in [0.25, 0.3) is 0 Å². The van der Waals surface area contributed by atoms with E-state index in [1.807, 2.05) is 31.2 Å². The predicted molar refractivity (Wildman–Crippen MR) is 73.4 cm³/mol.